The number of benzene rings is 1. The van der Waals surface area contributed by atoms with Crippen LogP contribution in [0.1, 0.15) is 50.0 Å². The Morgan fingerprint density at radius 1 is 1.18 bits per heavy atom. The number of carbonyl (C=O) groups excluding carboxylic acids is 1. The van der Waals surface area contributed by atoms with Crippen LogP contribution in [0, 0.1) is 13.8 Å². The molecular formula is C16H18N2O3S. The summed E-state index contributed by atoms with van der Waals surface area (Å²) in [6.07, 6.45) is 1.77. The first-order chi connectivity index (χ1) is 10.2. The maximum Gasteiger partial charge on any atom is 0.335 e. The van der Waals surface area contributed by atoms with E-state index in [1.807, 2.05) is 20.8 Å². The van der Waals surface area contributed by atoms with Crippen molar-refractivity contribution in [1.29, 1.82) is 0 Å². The van der Waals surface area contributed by atoms with Crippen LogP contribution < -0.4 is 5.32 Å². The molecule has 0 aliphatic heterocycles. The molecule has 2 N–H and O–H groups in total. The van der Waals surface area contributed by atoms with E-state index in [9.17, 15) is 9.59 Å². The van der Waals surface area contributed by atoms with E-state index < -0.39 is 11.5 Å². The molecule has 1 amide bonds. The van der Waals surface area contributed by atoms with E-state index in [4.69, 9.17) is 5.11 Å². The van der Waals surface area contributed by atoms with Crippen LogP contribution in [0.3, 0.4) is 0 Å². The molecule has 1 aromatic heterocycles. The maximum atomic E-state index is 12.4. The lowest BCUT2D eigenvalue weighted by Crippen LogP contribution is -2.41. The second-order valence-electron chi connectivity index (χ2n) is 5.75. The van der Waals surface area contributed by atoms with Crippen molar-refractivity contribution < 1.29 is 14.7 Å². The highest BCUT2D eigenvalue weighted by atomic mass is 32.1. The van der Waals surface area contributed by atoms with Crippen molar-refractivity contribution in [2.45, 2.75) is 33.2 Å². The molecule has 22 heavy (non-hydrogen) atoms. The first kappa shape index (κ1) is 16.2. The molecule has 0 fully saturated rings. The van der Waals surface area contributed by atoms with Crippen molar-refractivity contribution in [2.75, 3.05) is 0 Å². The van der Waals surface area contributed by atoms with Gasteiger partial charge in [0.25, 0.3) is 5.91 Å². The van der Waals surface area contributed by atoms with Gasteiger partial charge in [0.15, 0.2) is 0 Å². The Labute approximate surface area is 133 Å². The van der Waals surface area contributed by atoms with Crippen molar-refractivity contribution in [1.82, 2.24) is 10.3 Å². The number of carboxylic acid groups (broad SMARTS) is 1. The Morgan fingerprint density at radius 2 is 1.82 bits per heavy atom. The van der Waals surface area contributed by atoms with Crippen LogP contribution in [0.15, 0.2) is 24.4 Å². The molecule has 0 atom stereocenters. The zero-order valence-electron chi connectivity index (χ0n) is 12.9. The molecule has 1 heterocycles. The molecule has 2 aromatic rings. The van der Waals surface area contributed by atoms with Gasteiger partial charge in [-0.05, 0) is 51.5 Å². The topological polar surface area (TPSA) is 79.3 Å². The highest BCUT2D eigenvalue weighted by Gasteiger charge is 2.27. The number of aryl methyl sites for hydroxylation is 2. The quantitative estimate of drug-likeness (QED) is 0.907. The molecule has 5 nitrogen and oxygen atoms in total. The van der Waals surface area contributed by atoms with E-state index in [-0.39, 0.29) is 11.5 Å². The molecule has 1 aromatic carbocycles. The van der Waals surface area contributed by atoms with Crippen molar-refractivity contribution in [3.8, 4) is 0 Å². The van der Waals surface area contributed by atoms with Gasteiger partial charge in [0.2, 0.25) is 0 Å². The number of thiazole rings is 1. The van der Waals surface area contributed by atoms with Crippen LogP contribution in [-0.4, -0.2) is 22.0 Å². The summed E-state index contributed by atoms with van der Waals surface area (Å²) in [6.45, 7) is 7.46. The first-order valence-corrected chi connectivity index (χ1v) is 7.61. The molecule has 6 heteroatoms. The van der Waals surface area contributed by atoms with Crippen molar-refractivity contribution >= 4 is 23.2 Å². The first-order valence-electron chi connectivity index (χ1n) is 6.79. The Hall–Kier alpha value is -2.21. The number of nitrogens with zero attached hydrogens (tertiary/aromatic N) is 1. The fourth-order valence-corrected chi connectivity index (χ4v) is 2.91. The Morgan fingerprint density at radius 3 is 2.36 bits per heavy atom. The van der Waals surface area contributed by atoms with Gasteiger partial charge in [-0.2, -0.15) is 0 Å². The van der Waals surface area contributed by atoms with Crippen molar-refractivity contribution in [2.24, 2.45) is 0 Å². The number of carboxylic acids is 1. The van der Waals surface area contributed by atoms with Gasteiger partial charge < -0.3 is 10.4 Å². The lowest BCUT2D eigenvalue weighted by molar-refractivity contribution is 0.0696. The molecule has 0 radical (unpaired) electrons. The summed E-state index contributed by atoms with van der Waals surface area (Å²) < 4.78 is 0. The zero-order valence-corrected chi connectivity index (χ0v) is 13.7. The number of amides is 1. The van der Waals surface area contributed by atoms with Crippen LogP contribution >= 0.6 is 11.3 Å². The fraction of sp³-hybridized carbons (Fsp3) is 0.312. The van der Waals surface area contributed by atoms with Gasteiger partial charge in [-0.3, -0.25) is 4.79 Å². The highest BCUT2D eigenvalue weighted by molar-refractivity contribution is 7.11. The van der Waals surface area contributed by atoms with Crippen molar-refractivity contribution in [3.63, 3.8) is 0 Å². The Balaban J connectivity index is 2.27. The van der Waals surface area contributed by atoms with E-state index in [0.29, 0.717) is 5.56 Å². The summed E-state index contributed by atoms with van der Waals surface area (Å²) in [5.74, 6) is -1.36. The second kappa shape index (κ2) is 5.88. The number of aromatic carboxylic acids is 1. The Kier molecular flexibility index (Phi) is 4.32. The van der Waals surface area contributed by atoms with Gasteiger partial charge in [0.05, 0.1) is 11.1 Å². The monoisotopic (exact) mass is 318 g/mol. The molecule has 2 rings (SSSR count). The third kappa shape index (κ3) is 3.51. The van der Waals surface area contributed by atoms with Crippen LogP contribution in [-0.2, 0) is 5.54 Å². The van der Waals surface area contributed by atoms with E-state index in [1.54, 1.807) is 19.2 Å². The summed E-state index contributed by atoms with van der Waals surface area (Å²) >= 11 is 1.52. The summed E-state index contributed by atoms with van der Waals surface area (Å²) in [5, 5.41) is 12.8. The third-order valence-electron chi connectivity index (χ3n) is 3.17. The largest absolute Gasteiger partial charge is 0.478 e. The molecule has 0 aliphatic rings. The number of hydrogen-bond donors (Lipinski definition) is 2. The SMILES string of the molecule is Cc1cc(C(=O)O)cc(C(=O)NC(C)(C)c2ncc(C)s2)c1. The molecule has 0 aliphatic carbocycles. The van der Waals surface area contributed by atoms with Crippen LogP contribution in [0.25, 0.3) is 0 Å². The van der Waals surface area contributed by atoms with E-state index in [2.05, 4.69) is 10.3 Å². The minimum absolute atomic E-state index is 0.105. The van der Waals surface area contributed by atoms with Gasteiger partial charge in [-0.25, -0.2) is 9.78 Å². The summed E-state index contributed by atoms with van der Waals surface area (Å²) in [7, 11) is 0. The van der Waals surface area contributed by atoms with E-state index >= 15 is 0 Å². The summed E-state index contributed by atoms with van der Waals surface area (Å²) in [6, 6.07) is 4.59. The normalized spacial score (nSPS) is 11.3. The Bertz CT molecular complexity index is 735. The fourth-order valence-electron chi connectivity index (χ4n) is 2.09. The van der Waals surface area contributed by atoms with Crippen LogP contribution in [0.2, 0.25) is 0 Å². The lowest BCUT2D eigenvalue weighted by atomic mass is 10.0. The van der Waals surface area contributed by atoms with Gasteiger partial charge in [-0.15, -0.1) is 11.3 Å². The molecule has 0 bridgehead atoms. The molecule has 0 spiro atoms. The molecule has 0 saturated carbocycles. The average molecular weight is 318 g/mol. The molecule has 116 valence electrons. The predicted octanol–water partition coefficient (Wildman–Crippen LogP) is 3.12. The third-order valence-corrected chi connectivity index (χ3v) is 4.40. The molecule has 0 saturated heterocycles. The van der Waals surface area contributed by atoms with Gasteiger partial charge in [0.1, 0.15) is 5.01 Å². The number of hydrogen-bond acceptors (Lipinski definition) is 4. The number of rotatable bonds is 4. The second-order valence-corrected chi connectivity index (χ2v) is 6.98. The minimum Gasteiger partial charge on any atom is -0.478 e. The number of nitrogens with one attached hydrogen (secondary N) is 1. The summed E-state index contributed by atoms with van der Waals surface area (Å²) in [5.41, 5.74) is 0.545. The van der Waals surface area contributed by atoms with Crippen molar-refractivity contribution in [3.05, 3.63) is 51.0 Å². The lowest BCUT2D eigenvalue weighted by Gasteiger charge is -2.24. The molecule has 0 unspecified atom stereocenters. The summed E-state index contributed by atoms with van der Waals surface area (Å²) in [4.78, 5) is 28.9. The number of carbonyl (C=O) groups is 2. The van der Waals surface area contributed by atoms with Gasteiger partial charge >= 0.3 is 5.97 Å². The van der Waals surface area contributed by atoms with Crippen LogP contribution in [0.4, 0.5) is 0 Å². The zero-order chi connectivity index (χ0) is 16.5. The standard InChI is InChI=1S/C16H18N2O3S/c1-9-5-11(7-12(6-9)14(20)21)13(19)18-16(3,4)15-17-8-10(2)22-15/h5-8H,1-4H3,(H,18,19)(H,20,21). The van der Waals surface area contributed by atoms with E-state index in [1.165, 1.54) is 23.5 Å². The minimum atomic E-state index is -1.05. The smallest absolute Gasteiger partial charge is 0.335 e. The maximum absolute atomic E-state index is 12.4. The average Bonchev–Trinajstić information content (AvgIpc) is 2.85. The van der Waals surface area contributed by atoms with Gasteiger partial charge in [0, 0.05) is 16.6 Å². The number of aromatic nitrogens is 1. The van der Waals surface area contributed by atoms with E-state index in [0.717, 1.165) is 15.4 Å². The molecular weight excluding hydrogens is 300 g/mol. The van der Waals surface area contributed by atoms with Crippen LogP contribution in [0.5, 0.6) is 0 Å². The highest BCUT2D eigenvalue weighted by Crippen LogP contribution is 2.25. The van der Waals surface area contributed by atoms with Gasteiger partial charge in [-0.1, -0.05) is 0 Å². The predicted molar refractivity (Wildman–Crippen MR) is 85.5 cm³/mol.